The number of halogens is 1. The van der Waals surface area contributed by atoms with E-state index in [1.165, 1.54) is 9.13 Å². The summed E-state index contributed by atoms with van der Waals surface area (Å²) in [6.07, 6.45) is 5.63. The highest BCUT2D eigenvalue weighted by Gasteiger charge is 2.18. The quantitative estimate of drug-likeness (QED) is 0.804. The van der Waals surface area contributed by atoms with E-state index >= 15 is 0 Å². The number of hydrogen-bond donors (Lipinski definition) is 1. The van der Waals surface area contributed by atoms with Gasteiger partial charge in [0.2, 0.25) is 0 Å². The average molecular weight is 357 g/mol. The van der Waals surface area contributed by atoms with E-state index in [0.717, 1.165) is 38.2 Å². The molecular weight excluding hydrogens is 337 g/mol. The monoisotopic (exact) mass is 357 g/mol. The van der Waals surface area contributed by atoms with E-state index in [2.05, 4.69) is 65.2 Å². The Hall–Kier alpha value is -0.550. The first-order chi connectivity index (χ1) is 8.81. The minimum atomic E-state index is 0.210. The zero-order chi connectivity index (χ0) is 12.8. The number of benzene rings is 1. The van der Waals surface area contributed by atoms with Crippen LogP contribution < -0.4 is 5.32 Å². The van der Waals surface area contributed by atoms with Gasteiger partial charge in [0, 0.05) is 3.57 Å². The summed E-state index contributed by atoms with van der Waals surface area (Å²) in [5.41, 5.74) is 1.29. The van der Waals surface area contributed by atoms with Gasteiger partial charge in [-0.2, -0.15) is 0 Å². The molecule has 0 aliphatic carbocycles. The van der Waals surface area contributed by atoms with Crippen LogP contribution in [0.4, 0.5) is 0 Å². The molecule has 0 saturated heterocycles. The topological polar surface area (TPSA) is 21.3 Å². The molecule has 1 aliphatic heterocycles. The second kappa shape index (κ2) is 7.14. The van der Waals surface area contributed by atoms with E-state index in [4.69, 9.17) is 4.74 Å². The van der Waals surface area contributed by atoms with Crippen LogP contribution in [0.15, 0.2) is 36.1 Å². The number of rotatable bonds is 5. The summed E-state index contributed by atoms with van der Waals surface area (Å²) in [6.45, 7) is 4.05. The fraction of sp³-hybridized carbons (Fsp3) is 0.467. The third-order valence-corrected chi connectivity index (χ3v) is 3.77. The molecule has 1 heterocycles. The van der Waals surface area contributed by atoms with Gasteiger partial charge in [-0.15, -0.1) is 0 Å². The smallest absolute Gasteiger partial charge is 0.113 e. The molecule has 0 amide bonds. The Labute approximate surface area is 123 Å². The largest absolute Gasteiger partial charge is 0.496 e. The first-order valence-electron chi connectivity index (χ1n) is 6.63. The van der Waals surface area contributed by atoms with Gasteiger partial charge in [-0.25, -0.2) is 0 Å². The molecule has 1 aliphatic rings. The van der Waals surface area contributed by atoms with Gasteiger partial charge < -0.3 is 10.1 Å². The summed E-state index contributed by atoms with van der Waals surface area (Å²) in [7, 11) is 0. The van der Waals surface area contributed by atoms with E-state index in [0.29, 0.717) is 0 Å². The van der Waals surface area contributed by atoms with Crippen LogP contribution in [0, 0.1) is 3.57 Å². The van der Waals surface area contributed by atoms with Gasteiger partial charge in [0.15, 0.2) is 0 Å². The summed E-state index contributed by atoms with van der Waals surface area (Å²) in [5, 5.41) is 3.58. The Morgan fingerprint density at radius 1 is 1.33 bits per heavy atom. The zero-order valence-corrected chi connectivity index (χ0v) is 12.9. The predicted molar refractivity (Wildman–Crippen MR) is 83.5 cm³/mol. The standard InChI is InChI=1S/C15H20INO/c1-2-10-17-15(14-5-3-4-11-18-14)12-6-8-13(16)9-7-12/h5-9,15,17H,2-4,10-11H2,1H3. The second-order valence-electron chi connectivity index (χ2n) is 4.54. The second-order valence-corrected chi connectivity index (χ2v) is 5.78. The molecule has 1 aromatic rings. The molecule has 98 valence electrons. The van der Waals surface area contributed by atoms with Crippen LogP contribution in [-0.2, 0) is 4.74 Å². The molecule has 1 atom stereocenters. The number of hydrogen-bond acceptors (Lipinski definition) is 2. The Kier molecular flexibility index (Phi) is 5.50. The summed E-state index contributed by atoms with van der Waals surface area (Å²) >= 11 is 2.34. The van der Waals surface area contributed by atoms with E-state index in [-0.39, 0.29) is 6.04 Å². The van der Waals surface area contributed by atoms with Gasteiger partial charge in [0.1, 0.15) is 5.76 Å². The number of nitrogens with one attached hydrogen (secondary N) is 1. The van der Waals surface area contributed by atoms with Crippen LogP contribution in [0.2, 0.25) is 0 Å². The Morgan fingerprint density at radius 3 is 2.72 bits per heavy atom. The van der Waals surface area contributed by atoms with Crippen LogP contribution >= 0.6 is 22.6 Å². The summed E-state index contributed by atoms with van der Waals surface area (Å²) < 4.78 is 7.09. The fourth-order valence-corrected chi connectivity index (χ4v) is 2.46. The zero-order valence-electron chi connectivity index (χ0n) is 10.8. The Morgan fingerprint density at radius 2 is 2.11 bits per heavy atom. The first kappa shape index (κ1) is 13.9. The van der Waals surface area contributed by atoms with Crippen molar-refractivity contribution >= 4 is 22.6 Å². The summed E-state index contributed by atoms with van der Waals surface area (Å²) in [6, 6.07) is 8.89. The van der Waals surface area contributed by atoms with Crippen molar-refractivity contribution in [3.8, 4) is 0 Å². The van der Waals surface area contributed by atoms with Crippen LogP contribution in [-0.4, -0.2) is 13.2 Å². The molecule has 3 heteroatoms. The maximum absolute atomic E-state index is 5.82. The number of allylic oxidation sites excluding steroid dienone is 1. The molecule has 0 spiro atoms. The highest BCUT2D eigenvalue weighted by molar-refractivity contribution is 14.1. The van der Waals surface area contributed by atoms with Crippen molar-refractivity contribution < 1.29 is 4.74 Å². The van der Waals surface area contributed by atoms with E-state index < -0.39 is 0 Å². The molecule has 1 aromatic carbocycles. The fourth-order valence-electron chi connectivity index (χ4n) is 2.10. The molecule has 2 rings (SSSR count). The molecule has 0 saturated carbocycles. The number of ether oxygens (including phenoxy) is 1. The van der Waals surface area contributed by atoms with Gasteiger partial charge in [-0.05, 0) is 72.2 Å². The van der Waals surface area contributed by atoms with E-state index in [9.17, 15) is 0 Å². The van der Waals surface area contributed by atoms with Gasteiger partial charge in [-0.3, -0.25) is 0 Å². The van der Waals surface area contributed by atoms with Gasteiger partial charge in [-0.1, -0.05) is 19.1 Å². The van der Waals surface area contributed by atoms with Gasteiger partial charge >= 0.3 is 0 Å². The third kappa shape index (κ3) is 3.72. The van der Waals surface area contributed by atoms with Crippen LogP contribution in [0.1, 0.15) is 37.8 Å². The predicted octanol–water partition coefficient (Wildman–Crippen LogP) is 4.03. The molecule has 0 bridgehead atoms. The Bertz CT molecular complexity index is 399. The van der Waals surface area contributed by atoms with E-state index in [1.807, 2.05) is 0 Å². The van der Waals surface area contributed by atoms with Crippen molar-refractivity contribution in [3.63, 3.8) is 0 Å². The molecular formula is C15H20INO. The highest BCUT2D eigenvalue weighted by atomic mass is 127. The van der Waals surface area contributed by atoms with Crippen molar-refractivity contribution in [3.05, 3.63) is 45.2 Å². The molecule has 0 fully saturated rings. The SMILES string of the molecule is CCCNC(C1=CCCCO1)c1ccc(I)cc1. The lowest BCUT2D eigenvalue weighted by Crippen LogP contribution is -2.26. The minimum absolute atomic E-state index is 0.210. The molecule has 18 heavy (non-hydrogen) atoms. The third-order valence-electron chi connectivity index (χ3n) is 3.05. The van der Waals surface area contributed by atoms with Crippen LogP contribution in [0.3, 0.4) is 0 Å². The van der Waals surface area contributed by atoms with Crippen molar-refractivity contribution in [2.75, 3.05) is 13.2 Å². The highest BCUT2D eigenvalue weighted by Crippen LogP contribution is 2.26. The maximum Gasteiger partial charge on any atom is 0.113 e. The van der Waals surface area contributed by atoms with Crippen LogP contribution in [0.5, 0.6) is 0 Å². The first-order valence-corrected chi connectivity index (χ1v) is 7.71. The summed E-state index contributed by atoms with van der Waals surface area (Å²) in [4.78, 5) is 0. The molecule has 0 aromatic heterocycles. The molecule has 0 radical (unpaired) electrons. The van der Waals surface area contributed by atoms with Crippen molar-refractivity contribution in [2.24, 2.45) is 0 Å². The normalized spacial score (nSPS) is 16.9. The van der Waals surface area contributed by atoms with Crippen molar-refractivity contribution in [1.29, 1.82) is 0 Å². The van der Waals surface area contributed by atoms with Gasteiger partial charge in [0.05, 0.1) is 12.6 Å². The van der Waals surface area contributed by atoms with Crippen LogP contribution in [0.25, 0.3) is 0 Å². The minimum Gasteiger partial charge on any atom is -0.496 e. The lowest BCUT2D eigenvalue weighted by Gasteiger charge is -2.25. The average Bonchev–Trinajstić information content (AvgIpc) is 2.42. The van der Waals surface area contributed by atoms with Gasteiger partial charge in [0.25, 0.3) is 0 Å². The van der Waals surface area contributed by atoms with E-state index in [1.54, 1.807) is 0 Å². The molecule has 2 nitrogen and oxygen atoms in total. The summed E-state index contributed by atoms with van der Waals surface area (Å²) in [5.74, 6) is 1.09. The molecule has 1 N–H and O–H groups in total. The van der Waals surface area contributed by atoms with Crippen molar-refractivity contribution in [2.45, 2.75) is 32.2 Å². The maximum atomic E-state index is 5.82. The van der Waals surface area contributed by atoms with Crippen molar-refractivity contribution in [1.82, 2.24) is 5.32 Å². The Balaban J connectivity index is 2.18. The molecule has 1 unspecified atom stereocenters. The lowest BCUT2D eigenvalue weighted by atomic mass is 10.0. The lowest BCUT2D eigenvalue weighted by molar-refractivity contribution is 0.167.